The van der Waals surface area contributed by atoms with Crippen LogP contribution in [-0.2, 0) is 0 Å². The minimum Gasteiger partial charge on any atom is -0.455 e. The van der Waals surface area contributed by atoms with Gasteiger partial charge in [0.25, 0.3) is 0 Å². The molecule has 0 saturated heterocycles. The Bertz CT molecular complexity index is 3150. The molecule has 0 aliphatic heterocycles. The molecule has 52 heavy (non-hydrogen) atoms. The maximum absolute atomic E-state index is 6.49. The largest absolute Gasteiger partial charge is 0.455 e. The molecule has 3 heterocycles. The molecule has 0 atom stereocenters. The minimum atomic E-state index is 0.908. The van der Waals surface area contributed by atoms with Gasteiger partial charge >= 0.3 is 0 Å². The standard InChI is InChI=1S/C48H29NOS2/c1-4-18-42-36(12-1)39-16-8-15-35(48(39)50-42)32-10-7-11-34(28-32)49(41-17-9-21-45-47(41)40-14-3-6-20-44(40)51-45)33-25-22-30(23-26-33)31-24-27-38-37-13-2-5-19-43(37)52-46(38)29-31/h1-29H. The second kappa shape index (κ2) is 11.7. The van der Waals surface area contributed by atoms with Gasteiger partial charge in [-0.1, -0.05) is 115 Å². The molecule has 0 unspecified atom stereocenters. The Kier molecular flexibility index (Phi) is 6.63. The van der Waals surface area contributed by atoms with Gasteiger partial charge in [-0.3, -0.25) is 0 Å². The smallest absolute Gasteiger partial charge is 0.143 e. The summed E-state index contributed by atoms with van der Waals surface area (Å²) in [5, 5.41) is 7.47. The van der Waals surface area contributed by atoms with E-state index in [0.717, 1.165) is 50.1 Å². The number of para-hydroxylation sites is 2. The van der Waals surface area contributed by atoms with E-state index in [0.29, 0.717) is 0 Å². The molecule has 0 spiro atoms. The molecule has 0 aliphatic rings. The van der Waals surface area contributed by atoms with Crippen LogP contribution < -0.4 is 4.90 Å². The lowest BCUT2D eigenvalue weighted by molar-refractivity contribution is 0.670. The van der Waals surface area contributed by atoms with E-state index in [-0.39, 0.29) is 0 Å². The van der Waals surface area contributed by atoms with Gasteiger partial charge in [0, 0.05) is 68.1 Å². The summed E-state index contributed by atoms with van der Waals surface area (Å²) in [6.07, 6.45) is 0. The number of benzene rings is 8. The van der Waals surface area contributed by atoms with Crippen molar-refractivity contribution in [3.8, 4) is 22.3 Å². The van der Waals surface area contributed by atoms with E-state index in [1.54, 1.807) is 0 Å². The fraction of sp³-hybridized carbons (Fsp3) is 0. The second-order valence-electron chi connectivity index (χ2n) is 13.3. The van der Waals surface area contributed by atoms with Gasteiger partial charge in [-0.15, -0.1) is 22.7 Å². The van der Waals surface area contributed by atoms with Crippen molar-refractivity contribution in [1.29, 1.82) is 0 Å². The molecule has 0 N–H and O–H groups in total. The molecule has 0 aliphatic carbocycles. The zero-order valence-corrected chi connectivity index (χ0v) is 29.5. The van der Waals surface area contributed by atoms with Gasteiger partial charge in [0.15, 0.2) is 0 Å². The monoisotopic (exact) mass is 699 g/mol. The van der Waals surface area contributed by atoms with Crippen molar-refractivity contribution in [2.75, 3.05) is 4.90 Å². The first-order valence-corrected chi connectivity index (χ1v) is 19.1. The van der Waals surface area contributed by atoms with Crippen LogP contribution in [0.1, 0.15) is 0 Å². The molecule has 4 heteroatoms. The SMILES string of the molecule is c1cc(-c2cccc3c2oc2ccccc23)cc(N(c2ccc(-c3ccc4c(c3)sc3ccccc34)cc2)c2cccc3sc4ccccc4c23)c1. The lowest BCUT2D eigenvalue weighted by Gasteiger charge is -2.27. The summed E-state index contributed by atoms with van der Waals surface area (Å²) in [6.45, 7) is 0. The van der Waals surface area contributed by atoms with Crippen molar-refractivity contribution in [3.05, 3.63) is 176 Å². The zero-order chi connectivity index (χ0) is 34.2. The third-order valence-electron chi connectivity index (χ3n) is 10.3. The molecule has 0 fully saturated rings. The molecule has 0 amide bonds. The van der Waals surface area contributed by atoms with Crippen molar-refractivity contribution in [1.82, 2.24) is 0 Å². The van der Waals surface area contributed by atoms with E-state index in [1.165, 1.54) is 51.5 Å². The Labute approximate surface area is 308 Å². The first kappa shape index (κ1) is 29.5. The molecule has 0 radical (unpaired) electrons. The van der Waals surface area contributed by atoms with E-state index in [9.17, 15) is 0 Å². The van der Waals surface area contributed by atoms with Crippen LogP contribution >= 0.6 is 22.7 Å². The number of furan rings is 1. The number of hydrogen-bond donors (Lipinski definition) is 0. The van der Waals surface area contributed by atoms with Crippen molar-refractivity contribution in [2.45, 2.75) is 0 Å². The first-order chi connectivity index (χ1) is 25.8. The average Bonchev–Trinajstić information content (AvgIpc) is 3.90. The molecule has 0 saturated carbocycles. The number of anilines is 3. The quantitative estimate of drug-likeness (QED) is 0.178. The summed E-state index contributed by atoms with van der Waals surface area (Å²) in [7, 11) is 0. The van der Waals surface area contributed by atoms with Gasteiger partial charge in [0.05, 0.1) is 5.69 Å². The minimum absolute atomic E-state index is 0.908. The van der Waals surface area contributed by atoms with Gasteiger partial charge in [0.1, 0.15) is 11.2 Å². The summed E-state index contributed by atoms with van der Waals surface area (Å²) < 4.78 is 11.7. The topological polar surface area (TPSA) is 16.4 Å². The van der Waals surface area contributed by atoms with Crippen LogP contribution in [0, 0.1) is 0 Å². The highest BCUT2D eigenvalue weighted by Gasteiger charge is 2.20. The predicted molar refractivity (Wildman–Crippen MR) is 225 cm³/mol. The molecule has 244 valence electrons. The Morgan fingerprint density at radius 3 is 1.92 bits per heavy atom. The van der Waals surface area contributed by atoms with Crippen molar-refractivity contribution >= 4 is 102 Å². The number of nitrogens with zero attached hydrogens (tertiary/aromatic N) is 1. The van der Waals surface area contributed by atoms with E-state index in [2.05, 4.69) is 169 Å². The fourth-order valence-electron chi connectivity index (χ4n) is 7.86. The normalized spacial score (nSPS) is 11.8. The van der Waals surface area contributed by atoms with E-state index in [1.807, 2.05) is 34.8 Å². The Balaban J connectivity index is 1.08. The average molecular weight is 700 g/mol. The molecule has 0 bridgehead atoms. The number of rotatable bonds is 5. The number of hydrogen-bond acceptors (Lipinski definition) is 4. The first-order valence-electron chi connectivity index (χ1n) is 17.5. The Hall–Kier alpha value is -6.20. The van der Waals surface area contributed by atoms with Crippen molar-refractivity contribution in [3.63, 3.8) is 0 Å². The van der Waals surface area contributed by atoms with E-state index in [4.69, 9.17) is 4.42 Å². The van der Waals surface area contributed by atoms with Crippen molar-refractivity contribution < 1.29 is 4.42 Å². The van der Waals surface area contributed by atoms with Crippen LogP contribution in [0.4, 0.5) is 17.1 Å². The summed E-state index contributed by atoms with van der Waals surface area (Å²) in [4.78, 5) is 2.42. The molecular formula is C48H29NOS2. The maximum Gasteiger partial charge on any atom is 0.143 e. The lowest BCUT2D eigenvalue weighted by Crippen LogP contribution is -2.10. The van der Waals surface area contributed by atoms with Gasteiger partial charge in [-0.2, -0.15) is 0 Å². The lowest BCUT2D eigenvalue weighted by atomic mass is 10.0. The summed E-state index contributed by atoms with van der Waals surface area (Å²) in [6, 6.07) is 63.7. The Morgan fingerprint density at radius 2 is 1.04 bits per heavy atom. The Morgan fingerprint density at radius 1 is 0.385 bits per heavy atom. The molecule has 3 aromatic heterocycles. The van der Waals surface area contributed by atoms with Gasteiger partial charge in [-0.25, -0.2) is 0 Å². The number of fused-ring (bicyclic) bond motifs is 9. The molecule has 11 rings (SSSR count). The van der Waals surface area contributed by atoms with Crippen molar-refractivity contribution in [2.24, 2.45) is 0 Å². The highest BCUT2D eigenvalue weighted by molar-refractivity contribution is 7.26. The highest BCUT2D eigenvalue weighted by atomic mass is 32.1. The summed E-state index contributed by atoms with van der Waals surface area (Å²) in [5.41, 5.74) is 9.81. The molecule has 8 aromatic carbocycles. The summed E-state index contributed by atoms with van der Waals surface area (Å²) >= 11 is 3.71. The highest BCUT2D eigenvalue weighted by Crippen LogP contribution is 2.46. The second-order valence-corrected chi connectivity index (χ2v) is 15.4. The van der Waals surface area contributed by atoms with Gasteiger partial charge in [0.2, 0.25) is 0 Å². The number of thiophene rings is 2. The van der Waals surface area contributed by atoms with Gasteiger partial charge in [-0.05, 0) is 77.4 Å². The van der Waals surface area contributed by atoms with Crippen LogP contribution in [0.15, 0.2) is 180 Å². The molecule has 2 nitrogen and oxygen atoms in total. The predicted octanol–water partition coefficient (Wildman–Crippen LogP) is 15.1. The van der Waals surface area contributed by atoms with Crippen LogP contribution in [0.25, 0.3) is 84.5 Å². The van der Waals surface area contributed by atoms with E-state index >= 15 is 0 Å². The molecule has 11 aromatic rings. The molecular weight excluding hydrogens is 671 g/mol. The van der Waals surface area contributed by atoms with Gasteiger partial charge < -0.3 is 9.32 Å². The van der Waals surface area contributed by atoms with Crippen LogP contribution in [0.5, 0.6) is 0 Å². The van der Waals surface area contributed by atoms with E-state index < -0.39 is 0 Å². The zero-order valence-electron chi connectivity index (χ0n) is 27.9. The third kappa shape index (κ3) is 4.62. The van der Waals surface area contributed by atoms with Crippen LogP contribution in [0.3, 0.4) is 0 Å². The summed E-state index contributed by atoms with van der Waals surface area (Å²) in [5.74, 6) is 0. The van der Waals surface area contributed by atoms with Crippen LogP contribution in [0.2, 0.25) is 0 Å². The maximum atomic E-state index is 6.49. The van der Waals surface area contributed by atoms with Crippen LogP contribution in [-0.4, -0.2) is 0 Å². The fourth-order valence-corrected chi connectivity index (χ4v) is 10.1. The third-order valence-corrected chi connectivity index (χ3v) is 12.5.